The van der Waals surface area contributed by atoms with E-state index in [1.807, 2.05) is 13.8 Å². The number of nitrogens with zero attached hydrogens (tertiary/aromatic N) is 1. The van der Waals surface area contributed by atoms with E-state index in [0.717, 1.165) is 0 Å². The molecule has 0 saturated carbocycles. The average Bonchev–Trinajstić information content (AvgIpc) is 2.02. The monoisotopic (exact) mass is 204 g/mol. The number of carbonyl (C=O) groups excluding carboxylic acids is 1. The van der Waals surface area contributed by atoms with E-state index in [2.05, 4.69) is 0 Å². The molecule has 0 amide bonds. The van der Waals surface area contributed by atoms with Crippen LogP contribution in [0, 0.1) is 5.92 Å². The molecule has 0 unspecified atom stereocenters. The topological polar surface area (TPSA) is 55.6 Å². The van der Waals surface area contributed by atoms with Crippen molar-refractivity contribution in [1.29, 1.82) is 0 Å². The van der Waals surface area contributed by atoms with Gasteiger partial charge in [0.2, 0.25) is 0 Å². The van der Waals surface area contributed by atoms with Crippen molar-refractivity contribution in [2.45, 2.75) is 19.9 Å². The standard InChI is InChI=1S/C8H16N2O2S/c1-5(2)6(9)7(11)12-8(13)10(3)4/h5-6H,9H2,1-4H3/t6-/m0/s1. The predicted octanol–water partition coefficient (Wildman–Crippen LogP) is 0.359. The minimum absolute atomic E-state index is 0.0532. The molecule has 2 N–H and O–H groups in total. The van der Waals surface area contributed by atoms with Crippen molar-refractivity contribution in [3.63, 3.8) is 0 Å². The zero-order chi connectivity index (χ0) is 10.6. The SMILES string of the molecule is CC(C)[C@H](N)C(=O)OC(=S)N(C)C. The summed E-state index contributed by atoms with van der Waals surface area (Å²) in [5.41, 5.74) is 5.56. The molecular formula is C8H16N2O2S. The van der Waals surface area contributed by atoms with Crippen molar-refractivity contribution < 1.29 is 9.53 Å². The van der Waals surface area contributed by atoms with Gasteiger partial charge in [0.05, 0.1) is 0 Å². The van der Waals surface area contributed by atoms with E-state index < -0.39 is 12.0 Å². The summed E-state index contributed by atoms with van der Waals surface area (Å²) in [4.78, 5) is 12.8. The molecule has 5 heteroatoms. The molecule has 13 heavy (non-hydrogen) atoms. The lowest BCUT2D eigenvalue weighted by Crippen LogP contribution is -2.39. The molecule has 0 aromatic rings. The van der Waals surface area contributed by atoms with Crippen molar-refractivity contribution in [2.75, 3.05) is 14.1 Å². The van der Waals surface area contributed by atoms with E-state index in [9.17, 15) is 4.79 Å². The summed E-state index contributed by atoms with van der Waals surface area (Å²) >= 11 is 4.79. The molecule has 76 valence electrons. The van der Waals surface area contributed by atoms with Crippen LogP contribution in [0.1, 0.15) is 13.8 Å². The highest BCUT2D eigenvalue weighted by atomic mass is 32.1. The average molecular weight is 204 g/mol. The number of rotatable bonds is 2. The fraction of sp³-hybridized carbons (Fsp3) is 0.750. The zero-order valence-electron chi connectivity index (χ0n) is 8.40. The van der Waals surface area contributed by atoms with Crippen molar-refractivity contribution in [3.8, 4) is 0 Å². The highest BCUT2D eigenvalue weighted by molar-refractivity contribution is 7.80. The van der Waals surface area contributed by atoms with Gasteiger partial charge in [-0.15, -0.1) is 0 Å². The van der Waals surface area contributed by atoms with E-state index in [0.29, 0.717) is 0 Å². The maximum Gasteiger partial charge on any atom is 0.330 e. The van der Waals surface area contributed by atoms with E-state index in [4.69, 9.17) is 22.7 Å². The van der Waals surface area contributed by atoms with E-state index in [1.165, 1.54) is 0 Å². The minimum atomic E-state index is -0.613. The molecule has 0 aromatic carbocycles. The van der Waals surface area contributed by atoms with Gasteiger partial charge in [0, 0.05) is 14.1 Å². The molecule has 0 aliphatic carbocycles. The van der Waals surface area contributed by atoms with Gasteiger partial charge in [-0.1, -0.05) is 13.8 Å². The second-order valence-corrected chi connectivity index (χ2v) is 3.70. The van der Waals surface area contributed by atoms with Crippen molar-refractivity contribution in [2.24, 2.45) is 11.7 Å². The number of nitrogens with two attached hydrogens (primary N) is 1. The Morgan fingerprint density at radius 2 is 1.92 bits per heavy atom. The van der Waals surface area contributed by atoms with E-state index >= 15 is 0 Å². The molecule has 0 fully saturated rings. The summed E-state index contributed by atoms with van der Waals surface area (Å²) in [5.74, 6) is -0.425. The van der Waals surface area contributed by atoms with Crippen LogP contribution in [0.3, 0.4) is 0 Å². The van der Waals surface area contributed by atoms with Crippen molar-refractivity contribution in [3.05, 3.63) is 0 Å². The first-order valence-corrected chi connectivity index (χ1v) is 4.45. The van der Waals surface area contributed by atoms with Crippen LogP contribution in [-0.2, 0) is 9.53 Å². The lowest BCUT2D eigenvalue weighted by atomic mass is 10.1. The normalized spacial score (nSPS) is 12.5. The Morgan fingerprint density at radius 3 is 2.23 bits per heavy atom. The maximum absolute atomic E-state index is 11.2. The molecule has 0 radical (unpaired) electrons. The third kappa shape index (κ3) is 4.19. The van der Waals surface area contributed by atoms with Crippen molar-refractivity contribution in [1.82, 2.24) is 4.90 Å². The third-order valence-corrected chi connectivity index (χ3v) is 1.99. The van der Waals surface area contributed by atoms with Gasteiger partial charge < -0.3 is 15.4 Å². The van der Waals surface area contributed by atoms with Gasteiger partial charge in [-0.25, -0.2) is 4.79 Å². The molecule has 0 aliphatic heterocycles. The molecule has 0 aliphatic rings. The number of hydrogen-bond donors (Lipinski definition) is 1. The Hall–Kier alpha value is -0.680. The van der Waals surface area contributed by atoms with Crippen LogP contribution >= 0.6 is 12.2 Å². The molecule has 1 atom stereocenters. The maximum atomic E-state index is 11.2. The van der Waals surface area contributed by atoms with Crippen LogP contribution < -0.4 is 5.73 Å². The smallest absolute Gasteiger partial charge is 0.330 e. The van der Waals surface area contributed by atoms with Crippen LogP contribution in [0.2, 0.25) is 0 Å². The lowest BCUT2D eigenvalue weighted by molar-refractivity contribution is -0.138. The summed E-state index contributed by atoms with van der Waals surface area (Å²) in [6.07, 6.45) is 0. The van der Waals surface area contributed by atoms with E-state index in [-0.39, 0.29) is 11.1 Å². The third-order valence-electron chi connectivity index (χ3n) is 1.54. The van der Waals surface area contributed by atoms with Crippen LogP contribution in [0.25, 0.3) is 0 Å². The summed E-state index contributed by atoms with van der Waals surface area (Å²) < 4.78 is 4.83. The van der Waals surface area contributed by atoms with Crippen LogP contribution in [0.4, 0.5) is 0 Å². The van der Waals surface area contributed by atoms with Gasteiger partial charge in [-0.3, -0.25) is 0 Å². The molecule has 0 bridgehead atoms. The fourth-order valence-electron chi connectivity index (χ4n) is 0.518. The lowest BCUT2D eigenvalue weighted by Gasteiger charge is -2.17. The number of hydrogen-bond acceptors (Lipinski definition) is 4. The minimum Gasteiger partial charge on any atom is -0.398 e. The van der Waals surface area contributed by atoms with Gasteiger partial charge in [-0.05, 0) is 18.1 Å². The summed E-state index contributed by atoms with van der Waals surface area (Å²) in [7, 11) is 3.41. The first kappa shape index (κ1) is 12.3. The Bertz CT molecular complexity index is 204. The number of carbonyl (C=O) groups is 1. The van der Waals surface area contributed by atoms with Gasteiger partial charge in [-0.2, -0.15) is 0 Å². The highest BCUT2D eigenvalue weighted by Gasteiger charge is 2.20. The molecule has 0 heterocycles. The summed E-state index contributed by atoms with van der Waals surface area (Å²) in [6.45, 7) is 3.70. The van der Waals surface area contributed by atoms with Crippen LogP contribution in [0.5, 0.6) is 0 Å². The number of thiocarbonyl (C=S) groups is 1. The van der Waals surface area contributed by atoms with Gasteiger partial charge >= 0.3 is 5.97 Å². The molecule has 0 spiro atoms. The van der Waals surface area contributed by atoms with Gasteiger partial charge in [0.1, 0.15) is 6.04 Å². The Labute approximate surface area is 84.0 Å². The molecular weight excluding hydrogens is 188 g/mol. The van der Waals surface area contributed by atoms with Crippen LogP contribution in [-0.4, -0.2) is 36.2 Å². The molecule has 0 saturated heterocycles. The molecule has 4 nitrogen and oxygen atoms in total. The molecule has 0 rings (SSSR count). The Kier molecular flexibility index (Phi) is 4.87. The van der Waals surface area contributed by atoms with Crippen molar-refractivity contribution >= 4 is 23.4 Å². The fourth-order valence-corrected chi connectivity index (χ4v) is 0.600. The van der Waals surface area contributed by atoms with Gasteiger partial charge in [0.15, 0.2) is 0 Å². The summed E-state index contributed by atoms with van der Waals surface area (Å²) in [5, 5.41) is 0.140. The van der Waals surface area contributed by atoms with Gasteiger partial charge in [0.25, 0.3) is 5.17 Å². The number of esters is 1. The van der Waals surface area contributed by atoms with Crippen LogP contribution in [0.15, 0.2) is 0 Å². The Balaban J connectivity index is 4.08. The quantitative estimate of drug-likeness (QED) is 0.520. The second kappa shape index (κ2) is 5.14. The Morgan fingerprint density at radius 1 is 1.46 bits per heavy atom. The van der Waals surface area contributed by atoms with E-state index in [1.54, 1.807) is 19.0 Å². The number of ether oxygens (including phenoxy) is 1. The highest BCUT2D eigenvalue weighted by Crippen LogP contribution is 2.01. The zero-order valence-corrected chi connectivity index (χ0v) is 9.22. The predicted molar refractivity (Wildman–Crippen MR) is 55.2 cm³/mol. The second-order valence-electron chi connectivity index (χ2n) is 3.35. The largest absolute Gasteiger partial charge is 0.398 e. The summed E-state index contributed by atoms with van der Waals surface area (Å²) in [6, 6.07) is -0.613. The first-order chi connectivity index (χ1) is 5.86. The first-order valence-electron chi connectivity index (χ1n) is 4.04. The molecule has 0 aromatic heterocycles.